The summed E-state index contributed by atoms with van der Waals surface area (Å²) in [5, 5.41) is 10.3. The Bertz CT molecular complexity index is 827. The van der Waals surface area contributed by atoms with Crippen molar-refractivity contribution >= 4 is 17.5 Å². The lowest BCUT2D eigenvalue weighted by atomic mass is 10.1. The maximum absolute atomic E-state index is 12.3. The molecule has 0 spiro atoms. The molecule has 1 aromatic carbocycles. The molecule has 5 nitrogen and oxygen atoms in total. The zero-order chi connectivity index (χ0) is 16.2. The van der Waals surface area contributed by atoms with E-state index in [0.717, 1.165) is 22.4 Å². The molecule has 23 heavy (non-hydrogen) atoms. The summed E-state index contributed by atoms with van der Waals surface area (Å²) < 4.78 is 0. The number of carbonyl (C=O) groups is 1. The Balaban J connectivity index is 1.75. The third kappa shape index (κ3) is 3.57. The Kier molecular flexibility index (Phi) is 4.39. The molecular weight excluding hydrogens is 312 g/mol. The molecule has 0 radical (unpaired) electrons. The SMILES string of the molecule is Cc1[nH]ncc1CNC(=O)c1cncc(-c2ccc(Cl)cc2)c1. The van der Waals surface area contributed by atoms with E-state index in [1.807, 2.05) is 37.3 Å². The van der Waals surface area contributed by atoms with Crippen molar-refractivity contribution in [2.45, 2.75) is 13.5 Å². The fourth-order valence-corrected chi connectivity index (χ4v) is 2.32. The van der Waals surface area contributed by atoms with Crippen LogP contribution < -0.4 is 5.32 Å². The van der Waals surface area contributed by atoms with E-state index in [2.05, 4.69) is 20.5 Å². The fourth-order valence-electron chi connectivity index (χ4n) is 2.20. The van der Waals surface area contributed by atoms with Crippen molar-refractivity contribution in [3.63, 3.8) is 0 Å². The largest absolute Gasteiger partial charge is 0.348 e. The zero-order valence-corrected chi connectivity index (χ0v) is 13.3. The average molecular weight is 327 g/mol. The van der Waals surface area contributed by atoms with E-state index in [9.17, 15) is 4.79 Å². The van der Waals surface area contributed by atoms with Crippen LogP contribution in [0.4, 0.5) is 0 Å². The van der Waals surface area contributed by atoms with Crippen LogP contribution in [0.25, 0.3) is 11.1 Å². The Morgan fingerprint density at radius 1 is 1.17 bits per heavy atom. The van der Waals surface area contributed by atoms with Gasteiger partial charge in [-0.05, 0) is 30.7 Å². The van der Waals surface area contributed by atoms with E-state index in [1.165, 1.54) is 0 Å². The van der Waals surface area contributed by atoms with E-state index in [-0.39, 0.29) is 5.91 Å². The number of hydrogen-bond donors (Lipinski definition) is 2. The zero-order valence-electron chi connectivity index (χ0n) is 12.5. The van der Waals surface area contributed by atoms with Crippen LogP contribution in [0.1, 0.15) is 21.6 Å². The Labute approximate surface area is 138 Å². The number of aryl methyl sites for hydroxylation is 1. The first-order valence-electron chi connectivity index (χ1n) is 7.11. The minimum absolute atomic E-state index is 0.172. The molecule has 3 aromatic rings. The summed E-state index contributed by atoms with van der Waals surface area (Å²) in [6, 6.07) is 9.23. The van der Waals surface area contributed by atoms with Gasteiger partial charge in [-0.15, -0.1) is 0 Å². The van der Waals surface area contributed by atoms with Gasteiger partial charge in [0.2, 0.25) is 0 Å². The second kappa shape index (κ2) is 6.62. The Morgan fingerprint density at radius 2 is 1.96 bits per heavy atom. The molecule has 0 aliphatic heterocycles. The van der Waals surface area contributed by atoms with Gasteiger partial charge in [-0.25, -0.2) is 0 Å². The third-order valence-electron chi connectivity index (χ3n) is 3.55. The number of carbonyl (C=O) groups excluding carboxylic acids is 1. The third-order valence-corrected chi connectivity index (χ3v) is 3.80. The number of nitrogens with one attached hydrogen (secondary N) is 2. The molecule has 116 valence electrons. The maximum Gasteiger partial charge on any atom is 0.253 e. The van der Waals surface area contributed by atoms with Gasteiger partial charge in [-0.1, -0.05) is 23.7 Å². The van der Waals surface area contributed by atoms with Crippen LogP contribution in [0.5, 0.6) is 0 Å². The van der Waals surface area contributed by atoms with Gasteiger partial charge in [0.15, 0.2) is 0 Å². The van der Waals surface area contributed by atoms with Crippen molar-refractivity contribution in [3.8, 4) is 11.1 Å². The van der Waals surface area contributed by atoms with Crippen LogP contribution >= 0.6 is 11.6 Å². The Hall–Kier alpha value is -2.66. The number of H-pyrrole nitrogens is 1. The second-order valence-corrected chi connectivity index (χ2v) is 5.61. The quantitative estimate of drug-likeness (QED) is 0.772. The number of amides is 1. The minimum atomic E-state index is -0.172. The van der Waals surface area contributed by atoms with Crippen molar-refractivity contribution < 1.29 is 4.79 Å². The van der Waals surface area contributed by atoms with Crippen molar-refractivity contribution in [1.82, 2.24) is 20.5 Å². The number of halogens is 1. The van der Waals surface area contributed by atoms with E-state index in [1.54, 1.807) is 18.6 Å². The van der Waals surface area contributed by atoms with Gasteiger partial charge in [0.1, 0.15) is 0 Å². The van der Waals surface area contributed by atoms with E-state index >= 15 is 0 Å². The van der Waals surface area contributed by atoms with Crippen LogP contribution in [0.3, 0.4) is 0 Å². The first kappa shape index (κ1) is 15.2. The van der Waals surface area contributed by atoms with Crippen molar-refractivity contribution in [2.75, 3.05) is 0 Å². The maximum atomic E-state index is 12.3. The van der Waals surface area contributed by atoms with Crippen molar-refractivity contribution in [1.29, 1.82) is 0 Å². The lowest BCUT2D eigenvalue weighted by Gasteiger charge is -2.07. The van der Waals surface area contributed by atoms with Crippen LogP contribution in [0, 0.1) is 6.92 Å². The second-order valence-electron chi connectivity index (χ2n) is 5.17. The molecule has 0 bridgehead atoms. The molecule has 6 heteroatoms. The lowest BCUT2D eigenvalue weighted by molar-refractivity contribution is 0.0950. The average Bonchev–Trinajstić information content (AvgIpc) is 2.98. The van der Waals surface area contributed by atoms with Gasteiger partial charge >= 0.3 is 0 Å². The van der Waals surface area contributed by atoms with Gasteiger partial charge in [-0.2, -0.15) is 5.10 Å². The molecule has 1 amide bonds. The molecule has 0 aliphatic rings. The summed E-state index contributed by atoms with van der Waals surface area (Å²) in [5.41, 5.74) is 4.24. The molecule has 0 aliphatic carbocycles. The summed E-state index contributed by atoms with van der Waals surface area (Å²) >= 11 is 5.90. The number of rotatable bonds is 4. The smallest absolute Gasteiger partial charge is 0.253 e. The highest BCUT2D eigenvalue weighted by atomic mass is 35.5. The van der Waals surface area contributed by atoms with Gasteiger partial charge < -0.3 is 5.32 Å². The summed E-state index contributed by atoms with van der Waals surface area (Å²) in [5.74, 6) is -0.172. The molecule has 0 atom stereocenters. The van der Waals surface area contributed by atoms with Crippen molar-refractivity contribution in [3.05, 3.63) is 70.8 Å². The standard InChI is InChI=1S/C17H15ClN4O/c1-11-15(10-21-22-11)9-20-17(23)14-6-13(7-19-8-14)12-2-4-16(18)5-3-12/h2-8,10H,9H2,1H3,(H,20,23)(H,21,22). The van der Waals surface area contributed by atoms with Crippen LogP contribution in [0.2, 0.25) is 5.02 Å². The first-order valence-corrected chi connectivity index (χ1v) is 7.49. The van der Waals surface area contributed by atoms with E-state index < -0.39 is 0 Å². The number of aromatic amines is 1. The Morgan fingerprint density at radius 3 is 2.65 bits per heavy atom. The summed E-state index contributed by atoms with van der Waals surface area (Å²) in [6.45, 7) is 2.34. The fraction of sp³-hybridized carbons (Fsp3) is 0.118. The summed E-state index contributed by atoms with van der Waals surface area (Å²) in [4.78, 5) is 16.4. The van der Waals surface area contributed by atoms with Gasteiger partial charge in [0.05, 0.1) is 11.8 Å². The van der Waals surface area contributed by atoms with Gasteiger partial charge in [-0.3, -0.25) is 14.9 Å². The molecule has 3 rings (SSSR count). The molecule has 2 N–H and O–H groups in total. The number of nitrogens with zero attached hydrogens (tertiary/aromatic N) is 2. The molecule has 2 aromatic heterocycles. The molecule has 2 heterocycles. The van der Waals surface area contributed by atoms with E-state index in [4.69, 9.17) is 11.6 Å². The lowest BCUT2D eigenvalue weighted by Crippen LogP contribution is -2.23. The van der Waals surface area contributed by atoms with Gasteiger partial charge in [0.25, 0.3) is 5.91 Å². The predicted octanol–water partition coefficient (Wildman–Crippen LogP) is 3.36. The van der Waals surface area contributed by atoms with Crippen molar-refractivity contribution in [2.24, 2.45) is 0 Å². The predicted molar refractivity (Wildman–Crippen MR) is 89.2 cm³/mol. The van der Waals surface area contributed by atoms with E-state index in [0.29, 0.717) is 17.1 Å². The molecular formula is C17H15ClN4O. The van der Waals surface area contributed by atoms with Gasteiger partial charge in [0, 0.05) is 40.8 Å². The number of benzene rings is 1. The highest BCUT2D eigenvalue weighted by Crippen LogP contribution is 2.21. The molecule has 0 fully saturated rings. The summed E-state index contributed by atoms with van der Waals surface area (Å²) in [6.07, 6.45) is 4.98. The highest BCUT2D eigenvalue weighted by Gasteiger charge is 2.09. The molecule has 0 unspecified atom stereocenters. The number of hydrogen-bond acceptors (Lipinski definition) is 3. The molecule has 0 saturated carbocycles. The molecule has 0 saturated heterocycles. The van der Waals surface area contributed by atoms with Crippen LogP contribution in [-0.4, -0.2) is 21.1 Å². The minimum Gasteiger partial charge on any atom is -0.348 e. The summed E-state index contributed by atoms with van der Waals surface area (Å²) in [7, 11) is 0. The monoisotopic (exact) mass is 326 g/mol. The normalized spacial score (nSPS) is 10.5. The highest BCUT2D eigenvalue weighted by molar-refractivity contribution is 6.30. The number of pyridine rings is 1. The first-order chi connectivity index (χ1) is 11.1. The van der Waals surface area contributed by atoms with Crippen LogP contribution in [-0.2, 0) is 6.54 Å². The topological polar surface area (TPSA) is 70.7 Å². The number of aromatic nitrogens is 3. The van der Waals surface area contributed by atoms with Crippen LogP contribution in [0.15, 0.2) is 48.9 Å².